The molecule has 12 heteroatoms. The van der Waals surface area contributed by atoms with Gasteiger partial charge in [-0.2, -0.15) is 48.3 Å². The summed E-state index contributed by atoms with van der Waals surface area (Å²) in [6.07, 6.45) is -6.75. The second-order valence-electron chi connectivity index (χ2n) is 3.45. The Morgan fingerprint density at radius 1 is 0.556 bits per heavy atom. The van der Waals surface area contributed by atoms with Crippen molar-refractivity contribution in [1.29, 1.82) is 0 Å². The Balaban J connectivity index is 3.75. The molecule has 0 aliphatic heterocycles. The molecule has 0 nitrogen and oxygen atoms in total. The van der Waals surface area contributed by atoms with Crippen LogP contribution in [0, 0.1) is 0 Å². The molecule has 0 saturated heterocycles. The zero-order valence-corrected chi connectivity index (χ0v) is 9.12. The predicted octanol–water partition coefficient (Wildman–Crippen LogP) is 4.24. The summed E-state index contributed by atoms with van der Waals surface area (Å²) in [5.74, 6) is -27.2. The van der Waals surface area contributed by atoms with Crippen molar-refractivity contribution < 1.29 is 48.3 Å². The van der Waals surface area contributed by atoms with E-state index in [-0.39, 0.29) is 0 Å². The zero-order valence-electron chi connectivity index (χ0n) is 7.54. The Morgan fingerprint density at radius 2 is 0.778 bits per heavy atom. The van der Waals surface area contributed by atoms with Crippen molar-refractivity contribution in [3.05, 3.63) is 0 Å². The van der Waals surface area contributed by atoms with E-state index < -0.39 is 34.2 Å². The van der Waals surface area contributed by atoms with Gasteiger partial charge in [0.15, 0.2) is 0 Å². The van der Waals surface area contributed by atoms with Gasteiger partial charge in [-0.05, 0) is 0 Å². The number of rotatable bonds is 0. The molecule has 0 heterocycles. The van der Waals surface area contributed by atoms with Crippen LogP contribution in [0.3, 0.4) is 0 Å². The molecular weight excluding hydrogens is 361 g/mol. The molecule has 1 aliphatic rings. The van der Waals surface area contributed by atoms with E-state index in [9.17, 15) is 48.3 Å². The molecule has 1 fully saturated rings. The third-order valence-corrected chi connectivity index (χ3v) is 3.88. The molecule has 0 aromatic heterocycles. The Kier molecular flexibility index (Phi) is 2.83. The lowest BCUT2D eigenvalue weighted by atomic mass is 10.0. The van der Waals surface area contributed by atoms with Gasteiger partial charge in [-0.3, -0.25) is 0 Å². The highest BCUT2D eigenvalue weighted by molar-refractivity contribution is 9.10. The summed E-state index contributed by atoms with van der Waals surface area (Å²) < 4.78 is 132. The first kappa shape index (κ1) is 15.8. The Labute approximate surface area is 99.2 Å². The standard InChI is InChI=1S/C6BrF11/c7-1(6(16,17)18)2(8,9)4(12,13)5(14,15)3(1,10)11. The monoisotopic (exact) mass is 360 g/mol. The van der Waals surface area contributed by atoms with E-state index in [2.05, 4.69) is 0 Å². The van der Waals surface area contributed by atoms with Crippen LogP contribution in [0.2, 0.25) is 0 Å². The van der Waals surface area contributed by atoms with Gasteiger partial charge < -0.3 is 0 Å². The Hall–Kier alpha value is -0.290. The van der Waals surface area contributed by atoms with Gasteiger partial charge in [0, 0.05) is 0 Å². The molecule has 0 amide bonds. The predicted molar refractivity (Wildman–Crippen MR) is 37.5 cm³/mol. The average molecular weight is 361 g/mol. The van der Waals surface area contributed by atoms with Crippen molar-refractivity contribution in [1.82, 2.24) is 0 Å². The summed E-state index contributed by atoms with van der Waals surface area (Å²) in [6.45, 7) is 0. The summed E-state index contributed by atoms with van der Waals surface area (Å²) in [4.78, 5) is 0. The highest BCUT2D eigenvalue weighted by Gasteiger charge is 3.04. The molecule has 1 saturated carbocycles. The molecule has 108 valence electrons. The second-order valence-corrected chi connectivity index (χ2v) is 4.64. The minimum absolute atomic E-state index is 0.676. The first-order valence-electron chi connectivity index (χ1n) is 3.77. The van der Waals surface area contributed by atoms with Gasteiger partial charge in [0.2, 0.25) is 0 Å². The van der Waals surface area contributed by atoms with E-state index in [0.29, 0.717) is 15.9 Å². The van der Waals surface area contributed by atoms with E-state index in [1.165, 1.54) is 0 Å². The van der Waals surface area contributed by atoms with Gasteiger partial charge >= 0.3 is 29.9 Å². The average Bonchev–Trinajstić information content (AvgIpc) is 2.16. The molecular formula is C6BrF11. The van der Waals surface area contributed by atoms with Crippen molar-refractivity contribution in [3.8, 4) is 0 Å². The number of hydrogen-bond acceptors (Lipinski definition) is 0. The van der Waals surface area contributed by atoms with E-state index in [1.54, 1.807) is 0 Å². The van der Waals surface area contributed by atoms with Gasteiger partial charge in [0.25, 0.3) is 4.32 Å². The van der Waals surface area contributed by atoms with E-state index in [1.807, 2.05) is 0 Å². The SMILES string of the molecule is FC(F)(F)C1(Br)C(F)(F)C(F)(F)C(F)(F)C1(F)F. The minimum atomic E-state index is -6.87. The lowest BCUT2D eigenvalue weighted by Gasteiger charge is -2.34. The first-order chi connectivity index (χ1) is 7.50. The van der Waals surface area contributed by atoms with Crippen molar-refractivity contribution >= 4 is 15.9 Å². The summed E-state index contributed by atoms with van der Waals surface area (Å²) >= 11 is 0.676. The van der Waals surface area contributed by atoms with Crippen molar-refractivity contribution in [2.24, 2.45) is 0 Å². The lowest BCUT2D eigenvalue weighted by Crippen LogP contribution is -2.62. The van der Waals surface area contributed by atoms with Gasteiger partial charge in [-0.25, -0.2) is 0 Å². The maximum absolute atomic E-state index is 12.8. The van der Waals surface area contributed by atoms with Crippen LogP contribution < -0.4 is 0 Å². The second kappa shape index (κ2) is 3.23. The van der Waals surface area contributed by atoms with E-state index in [0.717, 1.165) is 0 Å². The van der Waals surface area contributed by atoms with Gasteiger partial charge in [-0.15, -0.1) is 0 Å². The molecule has 1 rings (SSSR count). The smallest absolute Gasteiger partial charge is 0.197 e. The third kappa shape index (κ3) is 1.18. The fraction of sp³-hybridized carbons (Fsp3) is 1.00. The molecule has 0 N–H and O–H groups in total. The van der Waals surface area contributed by atoms with Crippen LogP contribution in [0.15, 0.2) is 0 Å². The van der Waals surface area contributed by atoms with Crippen LogP contribution in [-0.2, 0) is 0 Å². The van der Waals surface area contributed by atoms with Gasteiger partial charge in [0.1, 0.15) is 0 Å². The molecule has 1 aliphatic carbocycles. The van der Waals surface area contributed by atoms with E-state index >= 15 is 0 Å². The van der Waals surface area contributed by atoms with Crippen LogP contribution >= 0.6 is 15.9 Å². The molecule has 0 bridgehead atoms. The summed E-state index contributed by atoms with van der Waals surface area (Å²) in [5, 5.41) is 0. The Morgan fingerprint density at radius 3 is 0.889 bits per heavy atom. The third-order valence-electron chi connectivity index (χ3n) is 2.44. The van der Waals surface area contributed by atoms with Gasteiger partial charge in [-0.1, -0.05) is 15.9 Å². The fourth-order valence-corrected chi connectivity index (χ4v) is 1.88. The number of alkyl halides is 12. The molecule has 0 aromatic rings. The number of halogens is 12. The largest absolute Gasteiger partial charge is 0.416 e. The van der Waals surface area contributed by atoms with E-state index in [4.69, 9.17) is 0 Å². The highest BCUT2D eigenvalue weighted by Crippen LogP contribution is 2.74. The maximum Gasteiger partial charge on any atom is 0.416 e. The highest BCUT2D eigenvalue weighted by atomic mass is 79.9. The van der Waals surface area contributed by atoms with Crippen LogP contribution in [0.4, 0.5) is 48.3 Å². The van der Waals surface area contributed by atoms with Crippen molar-refractivity contribution in [2.45, 2.75) is 34.2 Å². The maximum atomic E-state index is 12.8. The molecule has 0 radical (unpaired) electrons. The molecule has 0 atom stereocenters. The van der Waals surface area contributed by atoms with Crippen LogP contribution in [0.5, 0.6) is 0 Å². The zero-order chi connectivity index (χ0) is 15.0. The number of hydrogen-bond donors (Lipinski definition) is 0. The summed E-state index contributed by atoms with van der Waals surface area (Å²) in [5.41, 5.74) is 0. The Bertz CT molecular complexity index is 340. The molecule has 0 aromatic carbocycles. The van der Waals surface area contributed by atoms with Gasteiger partial charge in [0.05, 0.1) is 0 Å². The normalized spacial score (nSPS) is 31.3. The summed E-state index contributed by atoms with van der Waals surface area (Å²) in [6, 6.07) is 0. The van der Waals surface area contributed by atoms with Crippen molar-refractivity contribution in [3.63, 3.8) is 0 Å². The molecule has 0 unspecified atom stereocenters. The van der Waals surface area contributed by atoms with Crippen molar-refractivity contribution in [2.75, 3.05) is 0 Å². The molecule has 0 spiro atoms. The first-order valence-corrected chi connectivity index (χ1v) is 4.56. The van der Waals surface area contributed by atoms with Crippen LogP contribution in [0.25, 0.3) is 0 Å². The lowest BCUT2D eigenvalue weighted by molar-refractivity contribution is -0.303. The van der Waals surface area contributed by atoms with Crippen LogP contribution in [0.1, 0.15) is 0 Å². The topological polar surface area (TPSA) is 0 Å². The summed E-state index contributed by atoms with van der Waals surface area (Å²) in [7, 11) is 0. The molecule has 18 heavy (non-hydrogen) atoms. The van der Waals surface area contributed by atoms with Crippen LogP contribution in [-0.4, -0.2) is 34.2 Å². The quantitative estimate of drug-likeness (QED) is 0.448. The minimum Gasteiger partial charge on any atom is -0.197 e. The fourth-order valence-electron chi connectivity index (χ4n) is 1.38.